The number of benzene rings is 2. The lowest BCUT2D eigenvalue weighted by Crippen LogP contribution is -2.39. The summed E-state index contributed by atoms with van der Waals surface area (Å²) >= 11 is 5.87. The molecular formula is C20H24ClNO2. The molecule has 0 aliphatic carbocycles. The van der Waals surface area contributed by atoms with Crippen molar-refractivity contribution in [3.8, 4) is 5.75 Å². The third-order valence-electron chi connectivity index (χ3n) is 4.14. The Kier molecular flexibility index (Phi) is 6.27. The molecular weight excluding hydrogens is 322 g/mol. The van der Waals surface area contributed by atoms with E-state index in [0.717, 1.165) is 5.56 Å². The molecule has 4 heteroatoms. The largest absolute Gasteiger partial charge is 0.481 e. The van der Waals surface area contributed by atoms with Gasteiger partial charge in [0.05, 0.1) is 6.04 Å². The molecule has 2 atom stereocenters. The number of nitrogens with one attached hydrogen (secondary N) is 1. The van der Waals surface area contributed by atoms with Crippen LogP contribution in [0.5, 0.6) is 5.75 Å². The van der Waals surface area contributed by atoms with Crippen LogP contribution in [0.15, 0.2) is 42.5 Å². The molecule has 0 heterocycles. The highest BCUT2D eigenvalue weighted by Gasteiger charge is 2.20. The Balaban J connectivity index is 2.02. The summed E-state index contributed by atoms with van der Waals surface area (Å²) in [6, 6.07) is 13.2. The molecule has 0 saturated heterocycles. The molecule has 0 bridgehead atoms. The van der Waals surface area contributed by atoms with Crippen LogP contribution in [0.2, 0.25) is 5.02 Å². The van der Waals surface area contributed by atoms with Crippen LogP contribution in [-0.4, -0.2) is 12.0 Å². The average molecular weight is 346 g/mol. The number of hydrogen-bond acceptors (Lipinski definition) is 2. The van der Waals surface area contributed by atoms with Crippen LogP contribution in [0.1, 0.15) is 43.0 Å². The molecule has 0 aromatic heterocycles. The van der Waals surface area contributed by atoms with Crippen molar-refractivity contribution in [2.24, 2.45) is 0 Å². The van der Waals surface area contributed by atoms with Gasteiger partial charge in [-0.25, -0.2) is 0 Å². The van der Waals surface area contributed by atoms with Crippen molar-refractivity contribution in [2.45, 2.75) is 46.3 Å². The first-order chi connectivity index (χ1) is 11.4. The number of aryl methyl sites for hydroxylation is 2. The monoisotopic (exact) mass is 345 g/mol. The van der Waals surface area contributed by atoms with Gasteiger partial charge in [0, 0.05) is 5.02 Å². The summed E-state index contributed by atoms with van der Waals surface area (Å²) < 4.78 is 5.79. The van der Waals surface area contributed by atoms with Gasteiger partial charge >= 0.3 is 0 Å². The average Bonchev–Trinajstić information content (AvgIpc) is 2.56. The zero-order valence-electron chi connectivity index (χ0n) is 14.6. The third kappa shape index (κ3) is 4.75. The maximum Gasteiger partial charge on any atom is 0.261 e. The smallest absolute Gasteiger partial charge is 0.261 e. The zero-order chi connectivity index (χ0) is 17.7. The molecule has 2 rings (SSSR count). The van der Waals surface area contributed by atoms with Gasteiger partial charge in [-0.1, -0.05) is 36.7 Å². The van der Waals surface area contributed by atoms with E-state index in [1.807, 2.05) is 19.9 Å². The van der Waals surface area contributed by atoms with Gasteiger partial charge in [-0.2, -0.15) is 0 Å². The fourth-order valence-corrected chi connectivity index (χ4v) is 2.55. The third-order valence-corrected chi connectivity index (χ3v) is 4.40. The van der Waals surface area contributed by atoms with E-state index in [-0.39, 0.29) is 11.9 Å². The normalized spacial score (nSPS) is 13.2. The number of ether oxygens (including phenoxy) is 1. The minimum absolute atomic E-state index is 0.0698. The minimum Gasteiger partial charge on any atom is -0.481 e. The number of carbonyl (C=O) groups is 1. The summed E-state index contributed by atoms with van der Waals surface area (Å²) in [7, 11) is 0. The summed E-state index contributed by atoms with van der Waals surface area (Å²) in [5, 5.41) is 3.68. The second-order valence-electron chi connectivity index (χ2n) is 6.04. The Hall–Kier alpha value is -2.00. The van der Waals surface area contributed by atoms with Crippen LogP contribution in [-0.2, 0) is 4.79 Å². The summed E-state index contributed by atoms with van der Waals surface area (Å²) in [4.78, 5) is 12.5. The van der Waals surface area contributed by atoms with Gasteiger partial charge in [0.1, 0.15) is 5.75 Å². The molecule has 0 saturated carbocycles. The molecule has 0 radical (unpaired) electrons. The van der Waals surface area contributed by atoms with E-state index in [0.29, 0.717) is 17.2 Å². The van der Waals surface area contributed by atoms with E-state index in [2.05, 4.69) is 31.3 Å². The van der Waals surface area contributed by atoms with Crippen molar-refractivity contribution >= 4 is 17.5 Å². The Morgan fingerprint density at radius 3 is 2.38 bits per heavy atom. The lowest BCUT2D eigenvalue weighted by atomic mass is 10.0. The van der Waals surface area contributed by atoms with Crippen LogP contribution in [0.25, 0.3) is 0 Å². The highest BCUT2D eigenvalue weighted by atomic mass is 35.5. The molecule has 0 aliphatic rings. The SMILES string of the molecule is CC[C@H](Oc1ccc(Cl)cc1)C(=O)N[C@@H](C)c1ccc(C)c(C)c1. The minimum atomic E-state index is -0.528. The standard InChI is InChI=1S/C20H24ClNO2/c1-5-19(24-18-10-8-17(21)9-11-18)20(23)22-15(4)16-7-6-13(2)14(3)12-16/h6-12,15,19H,5H2,1-4H3,(H,22,23)/t15-,19-/m0/s1. The molecule has 1 amide bonds. The second kappa shape index (κ2) is 8.20. The van der Waals surface area contributed by atoms with Crippen molar-refractivity contribution in [1.29, 1.82) is 0 Å². The van der Waals surface area contributed by atoms with Crippen LogP contribution in [0.3, 0.4) is 0 Å². The highest BCUT2D eigenvalue weighted by Crippen LogP contribution is 2.20. The Labute approximate surface area is 149 Å². The van der Waals surface area contributed by atoms with Gasteiger partial charge in [-0.3, -0.25) is 4.79 Å². The molecule has 24 heavy (non-hydrogen) atoms. The molecule has 0 aliphatic heterocycles. The zero-order valence-corrected chi connectivity index (χ0v) is 15.4. The van der Waals surface area contributed by atoms with Gasteiger partial charge in [-0.15, -0.1) is 0 Å². The van der Waals surface area contributed by atoms with Crippen LogP contribution >= 0.6 is 11.6 Å². The van der Waals surface area contributed by atoms with E-state index in [9.17, 15) is 4.79 Å². The first kappa shape index (κ1) is 18.3. The topological polar surface area (TPSA) is 38.3 Å². The highest BCUT2D eigenvalue weighted by molar-refractivity contribution is 6.30. The van der Waals surface area contributed by atoms with Gasteiger partial charge in [0.25, 0.3) is 5.91 Å². The number of halogens is 1. The van der Waals surface area contributed by atoms with Gasteiger partial charge in [0.15, 0.2) is 6.10 Å². The Morgan fingerprint density at radius 2 is 1.79 bits per heavy atom. The summed E-state index contributed by atoms with van der Waals surface area (Å²) in [6.45, 7) is 8.07. The molecule has 2 aromatic rings. The van der Waals surface area contributed by atoms with Gasteiger partial charge in [0.2, 0.25) is 0 Å². The van der Waals surface area contributed by atoms with Crippen molar-refractivity contribution in [1.82, 2.24) is 5.32 Å². The molecule has 1 N–H and O–H groups in total. The van der Waals surface area contributed by atoms with Crippen LogP contribution in [0.4, 0.5) is 0 Å². The van der Waals surface area contributed by atoms with Gasteiger partial charge < -0.3 is 10.1 Å². The maximum absolute atomic E-state index is 12.5. The fraction of sp³-hybridized carbons (Fsp3) is 0.350. The predicted octanol–water partition coefficient (Wildman–Crippen LogP) is 4.99. The maximum atomic E-state index is 12.5. The summed E-state index contributed by atoms with van der Waals surface area (Å²) in [5.41, 5.74) is 3.56. The number of rotatable bonds is 6. The van der Waals surface area contributed by atoms with E-state index in [1.165, 1.54) is 11.1 Å². The second-order valence-corrected chi connectivity index (χ2v) is 6.48. The summed E-state index contributed by atoms with van der Waals surface area (Å²) in [6.07, 6.45) is 0.0638. The van der Waals surface area contributed by atoms with E-state index < -0.39 is 6.10 Å². The van der Waals surface area contributed by atoms with Crippen LogP contribution < -0.4 is 10.1 Å². The first-order valence-electron chi connectivity index (χ1n) is 8.20. The molecule has 0 fully saturated rings. The lowest BCUT2D eigenvalue weighted by molar-refractivity contribution is -0.128. The predicted molar refractivity (Wildman–Crippen MR) is 98.6 cm³/mol. The molecule has 2 aromatic carbocycles. The number of carbonyl (C=O) groups excluding carboxylic acids is 1. The van der Waals surface area contributed by atoms with E-state index in [1.54, 1.807) is 24.3 Å². The Morgan fingerprint density at radius 1 is 1.12 bits per heavy atom. The molecule has 3 nitrogen and oxygen atoms in total. The fourth-order valence-electron chi connectivity index (χ4n) is 2.42. The van der Waals surface area contributed by atoms with E-state index >= 15 is 0 Å². The van der Waals surface area contributed by atoms with Crippen molar-refractivity contribution in [3.05, 3.63) is 64.2 Å². The first-order valence-corrected chi connectivity index (χ1v) is 8.58. The molecule has 0 spiro atoms. The van der Waals surface area contributed by atoms with Crippen molar-refractivity contribution in [2.75, 3.05) is 0 Å². The Bertz CT molecular complexity index is 697. The van der Waals surface area contributed by atoms with Crippen molar-refractivity contribution in [3.63, 3.8) is 0 Å². The van der Waals surface area contributed by atoms with Gasteiger partial charge in [-0.05, 0) is 68.1 Å². The van der Waals surface area contributed by atoms with E-state index in [4.69, 9.17) is 16.3 Å². The molecule has 0 unspecified atom stereocenters. The van der Waals surface area contributed by atoms with Crippen LogP contribution in [0, 0.1) is 13.8 Å². The molecule has 128 valence electrons. The van der Waals surface area contributed by atoms with Crippen molar-refractivity contribution < 1.29 is 9.53 Å². The number of amides is 1. The number of hydrogen-bond donors (Lipinski definition) is 1. The lowest BCUT2D eigenvalue weighted by Gasteiger charge is -2.21. The quantitative estimate of drug-likeness (QED) is 0.800. The summed E-state index contributed by atoms with van der Waals surface area (Å²) in [5.74, 6) is 0.526.